The molecule has 0 aliphatic carbocycles. The molecule has 2 aromatic carbocycles. The van der Waals surface area contributed by atoms with E-state index in [-0.39, 0.29) is 17.7 Å². The van der Waals surface area contributed by atoms with Crippen LogP contribution in [-0.2, 0) is 4.84 Å². The maximum absolute atomic E-state index is 6.57. The maximum atomic E-state index is 6.57. The van der Waals surface area contributed by atoms with E-state index in [1.165, 1.54) is 16.7 Å². The van der Waals surface area contributed by atoms with Gasteiger partial charge in [0.15, 0.2) is 0 Å². The SMILES string of the molecule is Cc1cccc(C(C)ON(C(c2ccccc2)C(C)C)C(C)(C)C)c1. The van der Waals surface area contributed by atoms with Gasteiger partial charge in [-0.1, -0.05) is 74.0 Å². The van der Waals surface area contributed by atoms with Gasteiger partial charge < -0.3 is 0 Å². The van der Waals surface area contributed by atoms with Crippen LogP contribution in [0.3, 0.4) is 0 Å². The van der Waals surface area contributed by atoms with E-state index in [2.05, 4.69) is 108 Å². The first-order chi connectivity index (χ1) is 11.7. The van der Waals surface area contributed by atoms with Gasteiger partial charge in [0.05, 0.1) is 6.04 Å². The van der Waals surface area contributed by atoms with Gasteiger partial charge in [-0.05, 0) is 51.7 Å². The predicted molar refractivity (Wildman–Crippen MR) is 106 cm³/mol. The molecule has 0 amide bonds. The molecule has 0 saturated carbocycles. The van der Waals surface area contributed by atoms with Gasteiger partial charge in [0.2, 0.25) is 0 Å². The van der Waals surface area contributed by atoms with Crippen LogP contribution in [0.1, 0.15) is 70.4 Å². The normalized spacial score (nSPS) is 14.8. The minimum atomic E-state index is -0.108. The Morgan fingerprint density at radius 1 is 0.840 bits per heavy atom. The molecule has 0 aromatic heterocycles. The van der Waals surface area contributed by atoms with Crippen molar-refractivity contribution in [2.75, 3.05) is 0 Å². The van der Waals surface area contributed by atoms with Gasteiger partial charge in [0.1, 0.15) is 6.10 Å². The molecule has 25 heavy (non-hydrogen) atoms. The van der Waals surface area contributed by atoms with Crippen molar-refractivity contribution in [3.05, 3.63) is 71.3 Å². The Morgan fingerprint density at radius 2 is 1.44 bits per heavy atom. The van der Waals surface area contributed by atoms with Crippen molar-refractivity contribution in [2.24, 2.45) is 5.92 Å². The van der Waals surface area contributed by atoms with E-state index in [1.807, 2.05) is 0 Å². The molecule has 2 rings (SSSR count). The van der Waals surface area contributed by atoms with Crippen LogP contribution >= 0.6 is 0 Å². The number of hydrogen-bond acceptors (Lipinski definition) is 2. The van der Waals surface area contributed by atoms with Crippen LogP contribution < -0.4 is 0 Å². The van der Waals surface area contributed by atoms with E-state index in [9.17, 15) is 0 Å². The highest BCUT2D eigenvalue weighted by Gasteiger charge is 2.34. The van der Waals surface area contributed by atoms with E-state index in [0.717, 1.165) is 0 Å². The van der Waals surface area contributed by atoms with Crippen LogP contribution in [0.15, 0.2) is 54.6 Å². The summed E-state index contributed by atoms with van der Waals surface area (Å²) in [4.78, 5) is 6.57. The van der Waals surface area contributed by atoms with E-state index < -0.39 is 0 Å². The number of rotatable bonds is 6. The number of aryl methyl sites for hydroxylation is 1. The molecule has 0 saturated heterocycles. The Morgan fingerprint density at radius 3 is 1.96 bits per heavy atom. The van der Waals surface area contributed by atoms with Gasteiger partial charge in [0, 0.05) is 5.54 Å². The highest BCUT2D eigenvalue weighted by Crippen LogP contribution is 2.37. The standard InChI is InChI=1S/C23H33NO/c1-17(2)22(20-13-9-8-10-14-20)24(23(5,6)7)25-19(4)21-15-11-12-18(3)16-21/h8-17,19,22H,1-7H3. The molecule has 0 spiro atoms. The first-order valence-electron chi connectivity index (χ1n) is 9.27. The number of benzene rings is 2. The van der Waals surface area contributed by atoms with E-state index in [1.54, 1.807) is 0 Å². The van der Waals surface area contributed by atoms with Gasteiger partial charge in [-0.25, -0.2) is 0 Å². The molecule has 2 aromatic rings. The lowest BCUT2D eigenvalue weighted by Gasteiger charge is -2.44. The lowest BCUT2D eigenvalue weighted by atomic mass is 9.92. The van der Waals surface area contributed by atoms with Crippen molar-refractivity contribution in [2.45, 2.75) is 66.2 Å². The molecular formula is C23H33NO. The largest absolute Gasteiger partial charge is 0.290 e. The van der Waals surface area contributed by atoms with Gasteiger partial charge in [0.25, 0.3) is 0 Å². The summed E-state index contributed by atoms with van der Waals surface area (Å²) in [6, 6.07) is 19.5. The van der Waals surface area contributed by atoms with Crippen molar-refractivity contribution >= 4 is 0 Å². The lowest BCUT2D eigenvalue weighted by molar-refractivity contribution is -0.272. The summed E-state index contributed by atoms with van der Waals surface area (Å²) in [5.74, 6) is 0.436. The molecule has 0 N–H and O–H groups in total. The fourth-order valence-electron chi connectivity index (χ4n) is 3.24. The average molecular weight is 340 g/mol. The quantitative estimate of drug-likeness (QED) is 0.558. The molecule has 136 valence electrons. The average Bonchev–Trinajstić information content (AvgIpc) is 2.54. The Balaban J connectivity index is 2.35. The lowest BCUT2D eigenvalue weighted by Crippen LogP contribution is -2.46. The van der Waals surface area contributed by atoms with E-state index >= 15 is 0 Å². The third kappa shape index (κ3) is 5.17. The summed E-state index contributed by atoms with van der Waals surface area (Å²) in [5.41, 5.74) is 3.66. The molecule has 0 heterocycles. The minimum absolute atomic E-state index is 0.00378. The van der Waals surface area contributed by atoms with Crippen molar-refractivity contribution in [1.82, 2.24) is 5.06 Å². The fourth-order valence-corrected chi connectivity index (χ4v) is 3.24. The second kappa shape index (κ2) is 8.16. The highest BCUT2D eigenvalue weighted by molar-refractivity contribution is 5.24. The zero-order chi connectivity index (χ0) is 18.6. The van der Waals surface area contributed by atoms with Crippen LogP contribution in [-0.4, -0.2) is 10.6 Å². The van der Waals surface area contributed by atoms with Crippen LogP contribution in [0.25, 0.3) is 0 Å². The molecule has 0 bridgehead atoms. The topological polar surface area (TPSA) is 12.5 Å². The summed E-state index contributed by atoms with van der Waals surface area (Å²) < 4.78 is 0. The van der Waals surface area contributed by atoms with Crippen molar-refractivity contribution in [3.63, 3.8) is 0 Å². The van der Waals surface area contributed by atoms with Gasteiger partial charge in [-0.15, -0.1) is 0 Å². The maximum Gasteiger partial charge on any atom is 0.102 e. The first kappa shape index (κ1) is 19.7. The Labute approximate surface area is 153 Å². The van der Waals surface area contributed by atoms with Gasteiger partial charge >= 0.3 is 0 Å². The number of hydroxylamine groups is 2. The van der Waals surface area contributed by atoms with Crippen molar-refractivity contribution in [3.8, 4) is 0 Å². The zero-order valence-corrected chi connectivity index (χ0v) is 16.8. The number of nitrogens with zero attached hydrogens (tertiary/aromatic N) is 1. The van der Waals surface area contributed by atoms with Crippen LogP contribution in [0.4, 0.5) is 0 Å². The van der Waals surface area contributed by atoms with Gasteiger partial charge in [-0.3, -0.25) is 4.84 Å². The molecular weight excluding hydrogens is 306 g/mol. The summed E-state index contributed by atoms with van der Waals surface area (Å²) in [7, 11) is 0. The first-order valence-corrected chi connectivity index (χ1v) is 9.27. The summed E-state index contributed by atoms with van der Waals surface area (Å²) in [6.07, 6.45) is 0.00378. The molecule has 0 aliphatic heterocycles. The molecule has 2 nitrogen and oxygen atoms in total. The molecule has 0 aliphatic rings. The highest BCUT2D eigenvalue weighted by atomic mass is 16.7. The summed E-state index contributed by atoms with van der Waals surface area (Å²) in [5, 5.41) is 2.19. The fraction of sp³-hybridized carbons (Fsp3) is 0.478. The van der Waals surface area contributed by atoms with Crippen molar-refractivity contribution in [1.29, 1.82) is 0 Å². The smallest absolute Gasteiger partial charge is 0.102 e. The third-order valence-electron chi connectivity index (χ3n) is 4.47. The molecule has 2 atom stereocenters. The Bertz CT molecular complexity index is 657. The van der Waals surface area contributed by atoms with Crippen molar-refractivity contribution < 1.29 is 4.84 Å². The monoisotopic (exact) mass is 339 g/mol. The molecule has 2 unspecified atom stereocenters. The number of hydrogen-bond donors (Lipinski definition) is 0. The van der Waals surface area contributed by atoms with Crippen LogP contribution in [0.5, 0.6) is 0 Å². The Kier molecular flexibility index (Phi) is 6.42. The summed E-state index contributed by atoms with van der Waals surface area (Å²) in [6.45, 7) is 15.4. The minimum Gasteiger partial charge on any atom is -0.290 e. The Hall–Kier alpha value is -1.64. The second-order valence-electron chi connectivity index (χ2n) is 8.26. The van der Waals surface area contributed by atoms with E-state index in [0.29, 0.717) is 5.92 Å². The molecule has 0 radical (unpaired) electrons. The van der Waals surface area contributed by atoms with Crippen LogP contribution in [0.2, 0.25) is 0 Å². The summed E-state index contributed by atoms with van der Waals surface area (Å²) >= 11 is 0. The third-order valence-corrected chi connectivity index (χ3v) is 4.47. The second-order valence-corrected chi connectivity index (χ2v) is 8.26. The van der Waals surface area contributed by atoms with Crippen LogP contribution in [0, 0.1) is 12.8 Å². The van der Waals surface area contributed by atoms with E-state index in [4.69, 9.17) is 4.84 Å². The van der Waals surface area contributed by atoms with Gasteiger partial charge in [-0.2, -0.15) is 5.06 Å². The predicted octanol–water partition coefficient (Wildman–Crippen LogP) is 6.49. The molecule has 2 heteroatoms. The zero-order valence-electron chi connectivity index (χ0n) is 16.8. The molecule has 0 fully saturated rings.